The van der Waals surface area contributed by atoms with Crippen molar-refractivity contribution < 1.29 is 8.42 Å². The number of benzene rings is 1. The van der Waals surface area contributed by atoms with Gasteiger partial charge in [-0.3, -0.25) is 4.40 Å². The molecular formula is C26H25N9O2S. The van der Waals surface area contributed by atoms with Crippen LogP contribution in [-0.4, -0.2) is 49.0 Å². The first kappa shape index (κ1) is 24.0. The normalized spacial score (nSPS) is 19.7. The van der Waals surface area contributed by atoms with Crippen molar-refractivity contribution in [2.75, 3.05) is 5.32 Å². The lowest BCUT2D eigenvalue weighted by atomic mass is 9.93. The van der Waals surface area contributed by atoms with E-state index in [0.29, 0.717) is 22.9 Å². The number of H-pyrrole nitrogens is 1. The first-order valence-corrected chi connectivity index (χ1v) is 13.9. The van der Waals surface area contributed by atoms with Gasteiger partial charge in [0.2, 0.25) is 14.9 Å². The molecule has 4 aromatic heterocycles. The fraction of sp³-hybridized carbons (Fsp3) is 0.308. The van der Waals surface area contributed by atoms with Crippen LogP contribution in [0.25, 0.3) is 16.8 Å². The van der Waals surface area contributed by atoms with Gasteiger partial charge in [0.25, 0.3) is 0 Å². The zero-order chi connectivity index (χ0) is 26.4. The van der Waals surface area contributed by atoms with Crippen LogP contribution in [0, 0.1) is 24.2 Å². The first-order valence-electron chi connectivity index (χ1n) is 12.4. The highest BCUT2D eigenvalue weighted by atomic mass is 32.2. The number of anilines is 1. The van der Waals surface area contributed by atoms with Crippen molar-refractivity contribution in [3.05, 3.63) is 66.0 Å². The number of aromatic amines is 1. The fourth-order valence-electron chi connectivity index (χ4n) is 5.51. The summed E-state index contributed by atoms with van der Waals surface area (Å²) in [5.74, 6) is 1.66. The lowest BCUT2D eigenvalue weighted by Crippen LogP contribution is -2.17. The molecule has 5 aromatic rings. The molecule has 1 aliphatic rings. The number of fused-ring (bicyclic) bond motifs is 3. The zero-order valence-electron chi connectivity index (χ0n) is 20.8. The van der Waals surface area contributed by atoms with Crippen LogP contribution in [0.3, 0.4) is 0 Å². The average molecular weight is 528 g/mol. The van der Waals surface area contributed by atoms with Gasteiger partial charge in [0.1, 0.15) is 17.7 Å². The van der Waals surface area contributed by atoms with Crippen LogP contribution in [0.1, 0.15) is 49.2 Å². The van der Waals surface area contributed by atoms with Crippen LogP contribution in [0.5, 0.6) is 0 Å². The summed E-state index contributed by atoms with van der Waals surface area (Å²) in [6.07, 6.45) is 7.32. The molecule has 0 bridgehead atoms. The summed E-state index contributed by atoms with van der Waals surface area (Å²) < 4.78 is 29.4. The third-order valence-corrected chi connectivity index (χ3v) is 9.16. The van der Waals surface area contributed by atoms with E-state index in [0.717, 1.165) is 30.6 Å². The third kappa shape index (κ3) is 3.86. The molecule has 0 aliphatic heterocycles. The number of aromatic nitrogens is 7. The molecule has 0 saturated heterocycles. The Hall–Kier alpha value is -4.37. The molecule has 6 rings (SSSR count). The monoisotopic (exact) mass is 527 g/mol. The minimum Gasteiger partial charge on any atom is -0.366 e. The van der Waals surface area contributed by atoms with Gasteiger partial charge < -0.3 is 10.3 Å². The SMILES string of the molecule is CC[C@@H]1C[C@H](Nc2cnc(C#N)cn2)C[C@@H]1c1nnc2c(S(=O)(=O)c3ccccc3C)nc3[nH]ccc3n12. The third-order valence-electron chi connectivity index (χ3n) is 7.34. The van der Waals surface area contributed by atoms with Gasteiger partial charge in [-0.25, -0.2) is 23.4 Å². The minimum atomic E-state index is -3.96. The second-order valence-corrected chi connectivity index (χ2v) is 11.4. The van der Waals surface area contributed by atoms with E-state index in [1.165, 1.54) is 6.20 Å². The second-order valence-electron chi connectivity index (χ2n) is 9.60. The molecule has 0 amide bonds. The van der Waals surface area contributed by atoms with E-state index in [9.17, 15) is 8.42 Å². The largest absolute Gasteiger partial charge is 0.366 e. The van der Waals surface area contributed by atoms with Crippen molar-refractivity contribution in [2.24, 2.45) is 5.92 Å². The molecule has 3 atom stereocenters. The van der Waals surface area contributed by atoms with Gasteiger partial charge in [-0.2, -0.15) is 5.26 Å². The molecule has 4 heterocycles. The highest BCUT2D eigenvalue weighted by Crippen LogP contribution is 2.43. The number of hydrogen-bond donors (Lipinski definition) is 2. The molecular weight excluding hydrogens is 502 g/mol. The average Bonchev–Trinajstić information content (AvgIpc) is 3.66. The standard InChI is InChI=1S/C26H25N9O2S/c1-3-16-10-17(31-22-14-29-18(12-27)13-30-22)11-19(16)24-33-34-25-26(32-23-20(35(24)25)8-9-28-23)38(36,37)21-7-5-4-6-15(21)2/h4-9,13-14,16-17,19,28H,3,10-11H2,1-2H3,(H,30,31)/t16-,17+,19+/m1/s1. The van der Waals surface area contributed by atoms with E-state index in [-0.39, 0.29) is 33.2 Å². The summed E-state index contributed by atoms with van der Waals surface area (Å²) in [5.41, 5.74) is 2.31. The van der Waals surface area contributed by atoms with Crippen molar-refractivity contribution in [3.8, 4) is 6.07 Å². The number of rotatable bonds is 6. The van der Waals surface area contributed by atoms with Crippen LogP contribution in [-0.2, 0) is 9.84 Å². The highest BCUT2D eigenvalue weighted by molar-refractivity contribution is 7.91. The van der Waals surface area contributed by atoms with E-state index < -0.39 is 9.84 Å². The Morgan fingerprint density at radius 1 is 1.16 bits per heavy atom. The quantitative estimate of drug-likeness (QED) is 0.335. The van der Waals surface area contributed by atoms with E-state index in [1.54, 1.807) is 43.6 Å². The molecule has 0 spiro atoms. The maximum atomic E-state index is 13.8. The van der Waals surface area contributed by atoms with Gasteiger partial charge in [0.05, 0.1) is 22.8 Å². The van der Waals surface area contributed by atoms with E-state index >= 15 is 0 Å². The number of nitriles is 1. The Morgan fingerprint density at radius 3 is 2.74 bits per heavy atom. The van der Waals surface area contributed by atoms with E-state index in [4.69, 9.17) is 5.26 Å². The fourth-order valence-corrected chi connectivity index (χ4v) is 7.05. The number of hydrogen-bond acceptors (Lipinski definition) is 9. The molecule has 192 valence electrons. The molecule has 1 fully saturated rings. The Bertz CT molecular complexity index is 1800. The molecule has 0 radical (unpaired) electrons. The predicted octanol–water partition coefficient (Wildman–Crippen LogP) is 3.79. The Morgan fingerprint density at radius 2 is 2.00 bits per heavy atom. The molecule has 2 N–H and O–H groups in total. The topological polar surface area (TPSA) is 155 Å². The summed E-state index contributed by atoms with van der Waals surface area (Å²) in [7, 11) is -3.96. The van der Waals surface area contributed by atoms with Crippen LogP contribution < -0.4 is 5.32 Å². The van der Waals surface area contributed by atoms with Crippen LogP contribution in [0.2, 0.25) is 0 Å². The Labute approximate surface area is 218 Å². The highest BCUT2D eigenvalue weighted by Gasteiger charge is 2.38. The maximum Gasteiger partial charge on any atom is 0.228 e. The number of nitrogens with one attached hydrogen (secondary N) is 2. The van der Waals surface area contributed by atoms with Crippen LogP contribution in [0.15, 0.2) is 58.8 Å². The lowest BCUT2D eigenvalue weighted by molar-refractivity contribution is 0.450. The first-order chi connectivity index (χ1) is 18.4. The van der Waals surface area contributed by atoms with Gasteiger partial charge in [0, 0.05) is 18.2 Å². The van der Waals surface area contributed by atoms with Gasteiger partial charge in [-0.1, -0.05) is 31.5 Å². The smallest absolute Gasteiger partial charge is 0.228 e. The zero-order valence-corrected chi connectivity index (χ0v) is 21.6. The van der Waals surface area contributed by atoms with E-state index in [2.05, 4.69) is 42.4 Å². The van der Waals surface area contributed by atoms with Gasteiger partial charge in [-0.15, -0.1) is 10.2 Å². The number of nitrogens with zero attached hydrogens (tertiary/aromatic N) is 7. The van der Waals surface area contributed by atoms with Gasteiger partial charge in [-0.05, 0) is 43.4 Å². The molecule has 1 saturated carbocycles. The second kappa shape index (κ2) is 9.18. The summed E-state index contributed by atoms with van der Waals surface area (Å²) in [6.45, 7) is 3.91. The Balaban J connectivity index is 1.43. The number of sulfone groups is 1. The van der Waals surface area contributed by atoms with Crippen LogP contribution >= 0.6 is 0 Å². The van der Waals surface area contributed by atoms with Crippen molar-refractivity contribution >= 4 is 32.5 Å². The van der Waals surface area contributed by atoms with E-state index in [1.807, 2.05) is 16.5 Å². The van der Waals surface area contributed by atoms with Gasteiger partial charge in [0.15, 0.2) is 17.0 Å². The van der Waals surface area contributed by atoms with Crippen molar-refractivity contribution in [1.29, 1.82) is 5.26 Å². The summed E-state index contributed by atoms with van der Waals surface area (Å²) in [4.78, 5) is 16.2. The molecule has 11 nitrogen and oxygen atoms in total. The van der Waals surface area contributed by atoms with Gasteiger partial charge >= 0.3 is 0 Å². The predicted molar refractivity (Wildman–Crippen MR) is 139 cm³/mol. The molecule has 38 heavy (non-hydrogen) atoms. The summed E-state index contributed by atoms with van der Waals surface area (Å²) >= 11 is 0. The summed E-state index contributed by atoms with van der Waals surface area (Å²) in [5, 5.41) is 21.3. The van der Waals surface area contributed by atoms with Crippen molar-refractivity contribution in [3.63, 3.8) is 0 Å². The van der Waals surface area contributed by atoms with Crippen LogP contribution in [0.4, 0.5) is 5.82 Å². The van der Waals surface area contributed by atoms with Crippen molar-refractivity contribution in [1.82, 2.24) is 34.5 Å². The molecule has 0 unspecified atom stereocenters. The lowest BCUT2D eigenvalue weighted by Gasteiger charge is -2.16. The van der Waals surface area contributed by atoms with Crippen molar-refractivity contribution in [2.45, 2.75) is 55.0 Å². The molecule has 1 aliphatic carbocycles. The Kier molecular flexibility index (Phi) is 5.80. The maximum absolute atomic E-state index is 13.8. The molecule has 12 heteroatoms. The number of aryl methyl sites for hydroxylation is 1. The summed E-state index contributed by atoms with van der Waals surface area (Å²) in [6, 6.07) is 10.8. The minimum absolute atomic E-state index is 0.0355. The molecule has 1 aromatic carbocycles.